The maximum Gasteiger partial charge on any atom is 0.244 e. The molecule has 0 unspecified atom stereocenters. The van der Waals surface area contributed by atoms with Crippen LogP contribution in [0.15, 0.2) is 77.3 Å². The number of amides is 2. The minimum absolute atomic E-state index is 0.117. The summed E-state index contributed by atoms with van der Waals surface area (Å²) in [6, 6.07) is 20.9. The van der Waals surface area contributed by atoms with Gasteiger partial charge in [-0.15, -0.1) is 0 Å². The number of fused-ring (bicyclic) bond motifs is 1. The van der Waals surface area contributed by atoms with E-state index in [9.17, 15) is 18.0 Å². The molecule has 0 bridgehead atoms. The molecule has 1 aliphatic rings. The SMILES string of the molecule is CCCCNC(=O)[C@@H](Cc1ccccc1)N(Cc1ccc(Br)cc1)C(=O)CN(c1ccc2c(c1)OCCO2)S(=O)(=O)CC. The van der Waals surface area contributed by atoms with E-state index in [4.69, 9.17) is 9.47 Å². The zero-order chi connectivity index (χ0) is 30.8. The minimum Gasteiger partial charge on any atom is -0.486 e. The summed E-state index contributed by atoms with van der Waals surface area (Å²) in [5.74, 6) is -0.0737. The van der Waals surface area contributed by atoms with E-state index >= 15 is 0 Å². The second-order valence-corrected chi connectivity index (χ2v) is 13.3. The van der Waals surface area contributed by atoms with Gasteiger partial charge in [0.15, 0.2) is 11.5 Å². The average molecular weight is 673 g/mol. The number of unbranched alkanes of at least 4 members (excludes halogenated alkanes) is 1. The molecule has 0 spiro atoms. The lowest BCUT2D eigenvalue weighted by Crippen LogP contribution is -2.53. The summed E-state index contributed by atoms with van der Waals surface area (Å²) in [5, 5.41) is 2.99. The number of benzene rings is 3. The van der Waals surface area contributed by atoms with Gasteiger partial charge < -0.3 is 19.7 Å². The predicted octanol–water partition coefficient (Wildman–Crippen LogP) is 4.93. The zero-order valence-corrected chi connectivity index (χ0v) is 26.9. The predicted molar refractivity (Wildman–Crippen MR) is 171 cm³/mol. The Kier molecular flexibility index (Phi) is 11.5. The Morgan fingerprint density at radius 3 is 2.30 bits per heavy atom. The lowest BCUT2D eigenvalue weighted by Gasteiger charge is -2.34. The Morgan fingerprint density at radius 2 is 1.63 bits per heavy atom. The van der Waals surface area contributed by atoms with Crippen LogP contribution >= 0.6 is 15.9 Å². The van der Waals surface area contributed by atoms with Crippen molar-refractivity contribution in [1.82, 2.24) is 10.2 Å². The largest absolute Gasteiger partial charge is 0.486 e. The van der Waals surface area contributed by atoms with Gasteiger partial charge in [-0.25, -0.2) is 8.42 Å². The Bertz CT molecular complexity index is 1480. The Hall–Kier alpha value is -3.57. The van der Waals surface area contributed by atoms with Crippen LogP contribution in [0.25, 0.3) is 0 Å². The first-order valence-electron chi connectivity index (χ1n) is 14.5. The van der Waals surface area contributed by atoms with Gasteiger partial charge in [0.05, 0.1) is 11.4 Å². The molecule has 0 fully saturated rings. The second-order valence-electron chi connectivity index (χ2n) is 10.2. The van der Waals surface area contributed by atoms with Crippen LogP contribution in [0.2, 0.25) is 0 Å². The molecule has 1 aliphatic heterocycles. The van der Waals surface area contributed by atoms with E-state index in [0.29, 0.717) is 31.3 Å². The number of sulfonamides is 1. The highest BCUT2D eigenvalue weighted by molar-refractivity contribution is 9.10. The Labute approximate surface area is 262 Å². The van der Waals surface area contributed by atoms with E-state index in [1.165, 1.54) is 11.8 Å². The van der Waals surface area contributed by atoms with Gasteiger partial charge in [-0.1, -0.05) is 71.7 Å². The Morgan fingerprint density at radius 1 is 0.930 bits per heavy atom. The second kappa shape index (κ2) is 15.2. The van der Waals surface area contributed by atoms with E-state index in [1.54, 1.807) is 18.2 Å². The van der Waals surface area contributed by atoms with Gasteiger partial charge in [0.2, 0.25) is 21.8 Å². The van der Waals surface area contributed by atoms with Crippen molar-refractivity contribution < 1.29 is 27.5 Å². The lowest BCUT2D eigenvalue weighted by atomic mass is 10.0. The molecule has 230 valence electrons. The normalized spacial score (nSPS) is 13.2. The molecule has 0 aromatic heterocycles. The van der Waals surface area contributed by atoms with Crippen molar-refractivity contribution in [3.63, 3.8) is 0 Å². The molecule has 1 atom stereocenters. The fourth-order valence-electron chi connectivity index (χ4n) is 4.75. The molecule has 0 aliphatic carbocycles. The molecular formula is C32H38BrN3O6S. The molecule has 0 saturated carbocycles. The van der Waals surface area contributed by atoms with Gasteiger partial charge in [-0.05, 0) is 48.7 Å². The molecule has 2 amide bonds. The summed E-state index contributed by atoms with van der Waals surface area (Å²) >= 11 is 3.45. The minimum atomic E-state index is -3.89. The quantitative estimate of drug-likeness (QED) is 0.244. The molecule has 3 aromatic rings. The molecular weight excluding hydrogens is 634 g/mol. The van der Waals surface area contributed by atoms with Crippen molar-refractivity contribution in [3.8, 4) is 11.5 Å². The van der Waals surface area contributed by atoms with Crippen LogP contribution < -0.4 is 19.1 Å². The number of anilines is 1. The van der Waals surface area contributed by atoms with E-state index in [0.717, 1.165) is 32.7 Å². The van der Waals surface area contributed by atoms with Crippen molar-refractivity contribution in [2.24, 2.45) is 0 Å². The van der Waals surface area contributed by atoms with Crippen molar-refractivity contribution in [3.05, 3.63) is 88.4 Å². The summed E-state index contributed by atoms with van der Waals surface area (Å²) in [4.78, 5) is 29.5. The number of halogens is 1. The molecule has 1 heterocycles. The summed E-state index contributed by atoms with van der Waals surface area (Å²) in [5.41, 5.74) is 1.98. The average Bonchev–Trinajstić information content (AvgIpc) is 3.02. The number of nitrogens with zero attached hydrogens (tertiary/aromatic N) is 2. The molecule has 3 aromatic carbocycles. The van der Waals surface area contributed by atoms with Gasteiger partial charge in [0.1, 0.15) is 25.8 Å². The molecule has 4 rings (SSSR count). The smallest absolute Gasteiger partial charge is 0.244 e. The zero-order valence-electron chi connectivity index (χ0n) is 24.5. The summed E-state index contributed by atoms with van der Waals surface area (Å²) in [6.07, 6.45) is 1.98. The monoisotopic (exact) mass is 671 g/mol. The number of hydrogen-bond donors (Lipinski definition) is 1. The Balaban J connectivity index is 1.72. The molecule has 0 saturated heterocycles. The van der Waals surface area contributed by atoms with Crippen LogP contribution in [0.4, 0.5) is 5.69 Å². The van der Waals surface area contributed by atoms with Gasteiger partial charge in [-0.3, -0.25) is 13.9 Å². The number of carbonyl (C=O) groups is 2. The van der Waals surface area contributed by atoms with Crippen molar-refractivity contribution in [2.75, 3.05) is 36.4 Å². The maximum absolute atomic E-state index is 14.3. The maximum atomic E-state index is 14.3. The highest BCUT2D eigenvalue weighted by atomic mass is 79.9. The molecule has 43 heavy (non-hydrogen) atoms. The first-order chi connectivity index (χ1) is 20.7. The molecule has 0 radical (unpaired) electrons. The van der Waals surface area contributed by atoms with Gasteiger partial charge >= 0.3 is 0 Å². The third-order valence-corrected chi connectivity index (χ3v) is 9.43. The lowest BCUT2D eigenvalue weighted by molar-refractivity contribution is -0.140. The third kappa shape index (κ3) is 8.73. The number of rotatable bonds is 14. The fourth-order valence-corrected chi connectivity index (χ4v) is 6.07. The van der Waals surface area contributed by atoms with E-state index in [1.807, 2.05) is 61.5 Å². The van der Waals surface area contributed by atoms with Crippen molar-refractivity contribution >= 4 is 43.5 Å². The van der Waals surface area contributed by atoms with Crippen LogP contribution in [0.5, 0.6) is 11.5 Å². The first-order valence-corrected chi connectivity index (χ1v) is 16.9. The number of ether oxygens (including phenoxy) is 2. The van der Waals surface area contributed by atoms with E-state index in [2.05, 4.69) is 21.2 Å². The van der Waals surface area contributed by atoms with Crippen LogP contribution in [0, 0.1) is 0 Å². The van der Waals surface area contributed by atoms with Gasteiger partial charge in [0, 0.05) is 30.0 Å². The standard InChI is InChI=1S/C32H38BrN3O6S/c1-3-5-17-34-32(38)28(20-24-9-7-6-8-10-24)35(22-25-11-13-26(33)14-12-25)31(37)23-36(43(39,40)4-2)27-15-16-29-30(21-27)42-19-18-41-29/h6-16,21,28H,3-5,17-20,22-23H2,1-2H3,(H,34,38)/t28-/m1/s1. The van der Waals surface area contributed by atoms with Crippen LogP contribution in [0.1, 0.15) is 37.8 Å². The summed E-state index contributed by atoms with van der Waals surface area (Å²) in [6.45, 7) is 4.42. The highest BCUT2D eigenvalue weighted by Crippen LogP contribution is 2.35. The van der Waals surface area contributed by atoms with Crippen molar-refractivity contribution in [2.45, 2.75) is 45.7 Å². The number of nitrogens with one attached hydrogen (secondary N) is 1. The summed E-state index contributed by atoms with van der Waals surface area (Å²) in [7, 11) is -3.89. The van der Waals surface area contributed by atoms with E-state index < -0.39 is 28.5 Å². The van der Waals surface area contributed by atoms with E-state index in [-0.39, 0.29) is 30.3 Å². The number of carbonyl (C=O) groups excluding carboxylic acids is 2. The number of hydrogen-bond acceptors (Lipinski definition) is 6. The van der Waals surface area contributed by atoms with Crippen molar-refractivity contribution in [1.29, 1.82) is 0 Å². The van der Waals surface area contributed by atoms with Crippen LogP contribution in [0.3, 0.4) is 0 Å². The third-order valence-electron chi connectivity index (χ3n) is 7.16. The molecule has 9 nitrogen and oxygen atoms in total. The molecule has 11 heteroatoms. The molecule has 1 N–H and O–H groups in total. The summed E-state index contributed by atoms with van der Waals surface area (Å²) < 4.78 is 40.0. The van der Waals surface area contributed by atoms with Crippen LogP contribution in [-0.4, -0.2) is 63.2 Å². The highest BCUT2D eigenvalue weighted by Gasteiger charge is 2.34. The van der Waals surface area contributed by atoms with Gasteiger partial charge in [-0.2, -0.15) is 0 Å². The topological polar surface area (TPSA) is 105 Å². The first kappa shape index (κ1) is 32.3. The fraction of sp³-hybridized carbons (Fsp3) is 0.375. The van der Waals surface area contributed by atoms with Crippen LogP contribution in [-0.2, 0) is 32.6 Å². The van der Waals surface area contributed by atoms with Gasteiger partial charge in [0.25, 0.3) is 0 Å².